The van der Waals surface area contributed by atoms with Gasteiger partial charge in [0.25, 0.3) is 5.91 Å². The van der Waals surface area contributed by atoms with Crippen LogP contribution in [0.1, 0.15) is 40.5 Å². The first-order valence-electron chi connectivity index (χ1n) is 11.5. The third kappa shape index (κ3) is 5.78. The number of pyridine rings is 1. The van der Waals surface area contributed by atoms with Crippen molar-refractivity contribution in [3.8, 4) is 0 Å². The highest BCUT2D eigenvalue weighted by molar-refractivity contribution is 7.99. The van der Waals surface area contributed by atoms with Gasteiger partial charge in [-0.3, -0.25) is 9.69 Å². The van der Waals surface area contributed by atoms with Gasteiger partial charge >= 0.3 is 6.03 Å². The second-order valence-corrected chi connectivity index (χ2v) is 9.73. The van der Waals surface area contributed by atoms with E-state index in [4.69, 9.17) is 0 Å². The van der Waals surface area contributed by atoms with Crippen LogP contribution in [-0.2, 0) is 6.42 Å². The van der Waals surface area contributed by atoms with Gasteiger partial charge < -0.3 is 10.6 Å². The van der Waals surface area contributed by atoms with Crippen molar-refractivity contribution in [3.05, 3.63) is 83.0 Å². The van der Waals surface area contributed by atoms with Crippen LogP contribution in [0, 0.1) is 13.8 Å². The van der Waals surface area contributed by atoms with Crippen LogP contribution in [0.25, 0.3) is 0 Å². The Bertz CT molecular complexity index is 1180. The molecule has 3 amide bonds. The van der Waals surface area contributed by atoms with Gasteiger partial charge in [-0.25, -0.2) is 9.78 Å². The van der Waals surface area contributed by atoms with Crippen molar-refractivity contribution < 1.29 is 9.59 Å². The molecule has 0 aliphatic carbocycles. The minimum Gasteiger partial charge on any atom is -0.350 e. The Morgan fingerprint density at radius 2 is 1.88 bits per heavy atom. The average molecular weight is 475 g/mol. The van der Waals surface area contributed by atoms with E-state index in [0.29, 0.717) is 17.8 Å². The summed E-state index contributed by atoms with van der Waals surface area (Å²) >= 11 is 1.67. The lowest BCUT2D eigenvalue weighted by Crippen LogP contribution is -2.39. The van der Waals surface area contributed by atoms with Gasteiger partial charge in [0.2, 0.25) is 0 Å². The first kappa shape index (κ1) is 23.8. The zero-order valence-electron chi connectivity index (χ0n) is 19.8. The maximum absolute atomic E-state index is 13.1. The maximum Gasteiger partial charge on any atom is 0.326 e. The molecule has 7 heteroatoms. The van der Waals surface area contributed by atoms with E-state index in [-0.39, 0.29) is 18.0 Å². The molecule has 1 atom stereocenters. The summed E-state index contributed by atoms with van der Waals surface area (Å²) in [4.78, 5) is 32.3. The normalized spacial score (nSPS) is 13.7. The van der Waals surface area contributed by atoms with Gasteiger partial charge in [0.15, 0.2) is 0 Å². The third-order valence-electron chi connectivity index (χ3n) is 5.81. The van der Waals surface area contributed by atoms with Gasteiger partial charge in [0.05, 0.1) is 5.69 Å². The number of nitrogens with zero attached hydrogens (tertiary/aromatic N) is 2. The Hall–Kier alpha value is -3.32. The molecule has 0 fully saturated rings. The lowest BCUT2D eigenvalue weighted by molar-refractivity contribution is 0.0938. The molecule has 1 aliphatic heterocycles. The molecule has 1 aliphatic rings. The molecule has 2 heterocycles. The van der Waals surface area contributed by atoms with E-state index in [0.717, 1.165) is 40.6 Å². The fourth-order valence-electron chi connectivity index (χ4n) is 4.11. The summed E-state index contributed by atoms with van der Waals surface area (Å²) in [5, 5.41) is 6.91. The van der Waals surface area contributed by atoms with Gasteiger partial charge in [-0.15, -0.1) is 11.8 Å². The summed E-state index contributed by atoms with van der Waals surface area (Å²) < 4.78 is 0. The van der Waals surface area contributed by atoms with Crippen molar-refractivity contribution in [1.29, 1.82) is 0 Å². The number of hydrogen-bond donors (Lipinski definition) is 2. The van der Waals surface area contributed by atoms with Crippen molar-refractivity contribution >= 4 is 35.1 Å². The SMILES string of the molecule is Cc1cc(C)c2c(n1)SCCN2C(=O)Nc1cccc(C(=O)NC(C)CCc2ccccc2)c1. The summed E-state index contributed by atoms with van der Waals surface area (Å²) in [5.74, 6) is 0.645. The first-order valence-corrected chi connectivity index (χ1v) is 12.5. The Morgan fingerprint density at radius 1 is 1.09 bits per heavy atom. The molecule has 0 saturated heterocycles. The van der Waals surface area contributed by atoms with Crippen LogP contribution in [0.15, 0.2) is 65.7 Å². The zero-order valence-corrected chi connectivity index (χ0v) is 20.6. The van der Waals surface area contributed by atoms with E-state index in [9.17, 15) is 9.59 Å². The lowest BCUT2D eigenvalue weighted by Gasteiger charge is -2.30. The number of amides is 3. The molecule has 4 rings (SSSR count). The Labute approximate surface area is 205 Å². The lowest BCUT2D eigenvalue weighted by atomic mass is 10.1. The van der Waals surface area contributed by atoms with Crippen LogP contribution in [0.5, 0.6) is 0 Å². The van der Waals surface area contributed by atoms with Gasteiger partial charge in [-0.05, 0) is 69.0 Å². The largest absolute Gasteiger partial charge is 0.350 e. The highest BCUT2D eigenvalue weighted by Gasteiger charge is 2.26. The number of rotatable bonds is 6. The van der Waals surface area contributed by atoms with E-state index in [1.165, 1.54) is 5.56 Å². The fraction of sp³-hybridized carbons (Fsp3) is 0.296. The number of hydrogen-bond acceptors (Lipinski definition) is 4. The molecular formula is C27H30N4O2S. The van der Waals surface area contributed by atoms with Crippen LogP contribution >= 0.6 is 11.8 Å². The van der Waals surface area contributed by atoms with Crippen LogP contribution in [-0.4, -0.2) is 35.3 Å². The second kappa shape index (κ2) is 10.7. The average Bonchev–Trinajstić information content (AvgIpc) is 2.83. The molecule has 176 valence electrons. The third-order valence-corrected chi connectivity index (χ3v) is 6.76. The molecule has 3 aromatic rings. The molecule has 0 bridgehead atoms. The van der Waals surface area contributed by atoms with Crippen molar-refractivity contribution in [2.24, 2.45) is 0 Å². The number of aromatic nitrogens is 1. The fourth-order valence-corrected chi connectivity index (χ4v) is 5.19. The summed E-state index contributed by atoms with van der Waals surface area (Å²) in [6.07, 6.45) is 1.76. The molecule has 0 saturated carbocycles. The molecule has 2 N–H and O–H groups in total. The predicted octanol–water partition coefficient (Wildman–Crippen LogP) is 5.59. The molecular weight excluding hydrogens is 444 g/mol. The number of aryl methyl sites for hydroxylation is 3. The highest BCUT2D eigenvalue weighted by Crippen LogP contribution is 2.36. The standard InChI is InChI=1S/C27H30N4O2S/c1-18-16-20(3)29-26-24(18)31(14-15-34-26)27(33)30-23-11-7-10-22(17-23)25(32)28-19(2)12-13-21-8-5-4-6-9-21/h4-11,16-17,19H,12-15H2,1-3H3,(H,28,32)(H,30,33). The predicted molar refractivity (Wildman–Crippen MR) is 139 cm³/mol. The number of nitrogens with one attached hydrogen (secondary N) is 2. The van der Waals surface area contributed by atoms with E-state index >= 15 is 0 Å². The highest BCUT2D eigenvalue weighted by atomic mass is 32.2. The van der Waals surface area contributed by atoms with Crippen LogP contribution in [0.2, 0.25) is 0 Å². The van der Waals surface area contributed by atoms with Crippen molar-refractivity contribution in [3.63, 3.8) is 0 Å². The summed E-state index contributed by atoms with van der Waals surface area (Å²) in [5.41, 5.74) is 5.21. The number of carbonyl (C=O) groups excluding carboxylic acids is 2. The summed E-state index contributed by atoms with van der Waals surface area (Å²) in [7, 11) is 0. The van der Waals surface area contributed by atoms with E-state index < -0.39 is 0 Å². The van der Waals surface area contributed by atoms with Crippen LogP contribution < -0.4 is 15.5 Å². The monoisotopic (exact) mass is 474 g/mol. The molecule has 1 unspecified atom stereocenters. The summed E-state index contributed by atoms with van der Waals surface area (Å²) in [6.45, 7) is 6.58. The topological polar surface area (TPSA) is 74.3 Å². The Kier molecular flexibility index (Phi) is 7.53. The molecule has 6 nitrogen and oxygen atoms in total. The number of urea groups is 1. The van der Waals surface area contributed by atoms with E-state index in [2.05, 4.69) is 27.8 Å². The van der Waals surface area contributed by atoms with Crippen molar-refractivity contribution in [2.45, 2.75) is 44.7 Å². The number of carbonyl (C=O) groups is 2. The second-order valence-electron chi connectivity index (χ2n) is 8.64. The van der Waals surface area contributed by atoms with Gasteiger partial charge in [-0.1, -0.05) is 36.4 Å². The molecule has 0 spiro atoms. The molecule has 34 heavy (non-hydrogen) atoms. The molecule has 2 aromatic carbocycles. The van der Waals surface area contributed by atoms with Crippen molar-refractivity contribution in [2.75, 3.05) is 22.5 Å². The molecule has 0 radical (unpaired) electrons. The van der Waals surface area contributed by atoms with Crippen LogP contribution in [0.3, 0.4) is 0 Å². The Balaban J connectivity index is 1.39. The summed E-state index contributed by atoms with van der Waals surface area (Å²) in [6, 6.07) is 19.1. The van der Waals surface area contributed by atoms with Gasteiger partial charge in [0, 0.05) is 35.3 Å². The minimum absolute atomic E-state index is 0.0345. The van der Waals surface area contributed by atoms with Gasteiger partial charge in [0.1, 0.15) is 5.03 Å². The first-order chi connectivity index (χ1) is 16.4. The maximum atomic E-state index is 13.1. The number of anilines is 2. The quantitative estimate of drug-likeness (QED) is 0.488. The Morgan fingerprint density at radius 3 is 2.68 bits per heavy atom. The van der Waals surface area contributed by atoms with Crippen LogP contribution in [0.4, 0.5) is 16.2 Å². The zero-order chi connectivity index (χ0) is 24.1. The molecule has 1 aromatic heterocycles. The number of fused-ring (bicyclic) bond motifs is 1. The van der Waals surface area contributed by atoms with Gasteiger partial charge in [-0.2, -0.15) is 0 Å². The smallest absolute Gasteiger partial charge is 0.326 e. The van der Waals surface area contributed by atoms with Crippen molar-refractivity contribution in [1.82, 2.24) is 10.3 Å². The minimum atomic E-state index is -0.218. The van der Waals surface area contributed by atoms with E-state index in [1.807, 2.05) is 45.0 Å². The van der Waals surface area contributed by atoms with E-state index in [1.54, 1.807) is 40.9 Å². The number of benzene rings is 2. The number of thioether (sulfide) groups is 1.